The fourth-order valence-electron chi connectivity index (χ4n) is 3.87. The number of amides is 1. The van der Waals surface area contributed by atoms with Crippen LogP contribution in [0.1, 0.15) is 69.2 Å². The Hall–Kier alpha value is -3.41. The highest BCUT2D eigenvalue weighted by molar-refractivity contribution is 6.04. The van der Waals surface area contributed by atoms with E-state index in [1.807, 2.05) is 56.3 Å². The molecule has 1 aromatic carbocycles. The summed E-state index contributed by atoms with van der Waals surface area (Å²) in [5, 5.41) is 3.03. The van der Waals surface area contributed by atoms with Crippen molar-refractivity contribution in [1.82, 2.24) is 15.3 Å². The molecule has 0 aliphatic heterocycles. The fraction of sp³-hybridized carbons (Fsp3) is 0.292. The lowest BCUT2D eigenvalue weighted by molar-refractivity contribution is 0.0934. The largest absolute Gasteiger partial charge is 0.487 e. The van der Waals surface area contributed by atoms with Crippen molar-refractivity contribution < 1.29 is 14.3 Å². The molecule has 0 bridgehead atoms. The number of ether oxygens (including phenoxy) is 1. The van der Waals surface area contributed by atoms with Crippen molar-refractivity contribution in [2.45, 2.75) is 45.8 Å². The second kappa shape index (κ2) is 8.53. The number of hydrogen-bond acceptors (Lipinski definition) is 4. The molecule has 6 heteroatoms. The molecule has 1 aliphatic rings. The van der Waals surface area contributed by atoms with Gasteiger partial charge in [0.2, 0.25) is 0 Å². The topological polar surface area (TPSA) is 84.1 Å². The minimum atomic E-state index is -0.216. The van der Waals surface area contributed by atoms with Gasteiger partial charge in [0.15, 0.2) is 5.78 Å². The van der Waals surface area contributed by atoms with Crippen molar-refractivity contribution in [3.8, 4) is 5.75 Å². The number of aromatic amines is 1. The van der Waals surface area contributed by atoms with E-state index in [1.165, 1.54) is 0 Å². The van der Waals surface area contributed by atoms with E-state index in [0.29, 0.717) is 24.3 Å². The Morgan fingerprint density at radius 3 is 2.87 bits per heavy atom. The second-order valence-electron chi connectivity index (χ2n) is 7.63. The molecule has 2 heterocycles. The first-order valence-electron chi connectivity index (χ1n) is 10.2. The predicted molar refractivity (Wildman–Crippen MR) is 114 cm³/mol. The van der Waals surface area contributed by atoms with Gasteiger partial charge in [-0.25, -0.2) is 0 Å². The van der Waals surface area contributed by atoms with E-state index in [9.17, 15) is 9.59 Å². The van der Waals surface area contributed by atoms with Crippen molar-refractivity contribution in [2.24, 2.45) is 0 Å². The summed E-state index contributed by atoms with van der Waals surface area (Å²) in [5.74, 6) is 0.633. The van der Waals surface area contributed by atoms with Crippen LogP contribution >= 0.6 is 0 Å². The zero-order valence-corrected chi connectivity index (χ0v) is 17.2. The molecule has 1 unspecified atom stereocenters. The molecule has 2 N–H and O–H groups in total. The number of hydrogen-bond donors (Lipinski definition) is 2. The van der Waals surface area contributed by atoms with Crippen LogP contribution in [0.2, 0.25) is 0 Å². The third-order valence-electron chi connectivity index (χ3n) is 5.48. The van der Waals surface area contributed by atoms with Crippen LogP contribution < -0.4 is 10.1 Å². The Kier molecular flexibility index (Phi) is 5.65. The minimum absolute atomic E-state index is 0.120. The lowest BCUT2D eigenvalue weighted by Gasteiger charge is -2.15. The van der Waals surface area contributed by atoms with Crippen LogP contribution in [0.3, 0.4) is 0 Å². The molecule has 1 atom stereocenters. The smallest absolute Gasteiger partial charge is 0.268 e. The summed E-state index contributed by atoms with van der Waals surface area (Å²) in [4.78, 5) is 32.5. The van der Waals surface area contributed by atoms with Crippen LogP contribution in [0.15, 0.2) is 48.7 Å². The van der Waals surface area contributed by atoms with Crippen molar-refractivity contribution >= 4 is 11.7 Å². The molecule has 30 heavy (non-hydrogen) atoms. The highest BCUT2D eigenvalue weighted by Crippen LogP contribution is 2.27. The molecule has 2 aromatic heterocycles. The number of ketones is 1. The first-order valence-corrected chi connectivity index (χ1v) is 10.2. The maximum atomic E-state index is 12.9. The molecular weight excluding hydrogens is 378 g/mol. The van der Waals surface area contributed by atoms with Crippen LogP contribution in [0.25, 0.3) is 0 Å². The molecule has 6 nitrogen and oxygen atoms in total. The maximum Gasteiger partial charge on any atom is 0.268 e. The second-order valence-corrected chi connectivity index (χ2v) is 7.63. The van der Waals surface area contributed by atoms with E-state index in [1.54, 1.807) is 6.20 Å². The average molecular weight is 403 g/mol. The van der Waals surface area contributed by atoms with E-state index >= 15 is 0 Å². The molecule has 4 rings (SSSR count). The molecule has 1 amide bonds. The third kappa shape index (κ3) is 4.13. The SMILES string of the molecule is Cc1c(C(=O)NC(C)c2cccc(OCc3ccccn3)c2)[nH]c2c1C(=O)CCC2. The van der Waals surface area contributed by atoms with Crippen LogP contribution in [0.5, 0.6) is 5.75 Å². The summed E-state index contributed by atoms with van der Waals surface area (Å²) in [7, 11) is 0. The van der Waals surface area contributed by atoms with Gasteiger partial charge in [0.05, 0.1) is 11.7 Å². The highest BCUT2D eigenvalue weighted by Gasteiger charge is 2.26. The summed E-state index contributed by atoms with van der Waals surface area (Å²) in [6.45, 7) is 4.15. The number of aryl methyl sites for hydroxylation is 1. The van der Waals surface area contributed by atoms with Gasteiger partial charge in [-0.1, -0.05) is 18.2 Å². The van der Waals surface area contributed by atoms with Crippen molar-refractivity contribution in [3.63, 3.8) is 0 Å². The predicted octanol–water partition coefficient (Wildman–Crippen LogP) is 4.31. The Balaban J connectivity index is 1.44. The van der Waals surface area contributed by atoms with Crippen LogP contribution in [0, 0.1) is 6.92 Å². The normalized spacial score (nSPS) is 14.1. The summed E-state index contributed by atoms with van der Waals surface area (Å²) in [6.07, 6.45) is 3.92. The number of nitrogens with zero attached hydrogens (tertiary/aromatic N) is 1. The van der Waals surface area contributed by atoms with E-state index < -0.39 is 0 Å². The Morgan fingerprint density at radius 2 is 2.10 bits per heavy atom. The van der Waals surface area contributed by atoms with E-state index in [4.69, 9.17) is 4.74 Å². The first-order chi connectivity index (χ1) is 14.5. The lowest BCUT2D eigenvalue weighted by atomic mass is 9.94. The van der Waals surface area contributed by atoms with E-state index in [0.717, 1.165) is 41.1 Å². The highest BCUT2D eigenvalue weighted by atomic mass is 16.5. The number of rotatable bonds is 6. The Morgan fingerprint density at radius 1 is 1.23 bits per heavy atom. The number of carbonyl (C=O) groups excluding carboxylic acids is 2. The number of nitrogens with one attached hydrogen (secondary N) is 2. The number of benzene rings is 1. The number of aromatic nitrogens is 2. The number of pyridine rings is 1. The summed E-state index contributed by atoms with van der Waals surface area (Å²) in [5.41, 5.74) is 4.59. The number of Topliss-reactive ketones (excluding diaryl/α,β-unsaturated/α-hetero) is 1. The number of fused-ring (bicyclic) bond motifs is 1. The maximum absolute atomic E-state index is 12.9. The van der Waals surface area contributed by atoms with Gasteiger partial charge < -0.3 is 15.0 Å². The van der Waals surface area contributed by atoms with E-state index in [-0.39, 0.29) is 17.7 Å². The summed E-state index contributed by atoms with van der Waals surface area (Å²) >= 11 is 0. The van der Waals surface area contributed by atoms with Crippen LogP contribution in [-0.2, 0) is 13.0 Å². The van der Waals surface area contributed by atoms with Crippen LogP contribution in [0.4, 0.5) is 0 Å². The number of H-pyrrole nitrogens is 1. The van der Waals surface area contributed by atoms with Gasteiger partial charge in [0, 0.05) is 23.9 Å². The summed E-state index contributed by atoms with van der Waals surface area (Å²) in [6, 6.07) is 13.2. The molecule has 154 valence electrons. The Bertz CT molecular complexity index is 1070. The molecular formula is C24H25N3O3. The first kappa shape index (κ1) is 19.9. The van der Waals surface area contributed by atoms with Gasteiger partial charge in [0.25, 0.3) is 5.91 Å². The van der Waals surface area contributed by atoms with Gasteiger partial charge in [-0.05, 0) is 62.1 Å². The average Bonchev–Trinajstić information content (AvgIpc) is 3.11. The van der Waals surface area contributed by atoms with Crippen LogP contribution in [-0.4, -0.2) is 21.7 Å². The van der Waals surface area contributed by atoms with Gasteiger partial charge in [-0.15, -0.1) is 0 Å². The molecule has 0 fully saturated rings. The quantitative estimate of drug-likeness (QED) is 0.642. The zero-order valence-electron chi connectivity index (χ0n) is 17.2. The standard InChI is InChI=1S/C24H25N3O3/c1-15-22-20(10-6-11-21(22)28)27-23(15)24(29)26-16(2)17-7-5-9-19(13-17)30-14-18-8-3-4-12-25-18/h3-5,7-9,12-13,16,27H,6,10-11,14H2,1-2H3,(H,26,29). The van der Waals surface area contributed by atoms with Crippen molar-refractivity contribution in [3.05, 3.63) is 82.4 Å². The third-order valence-corrected chi connectivity index (χ3v) is 5.48. The van der Waals surface area contributed by atoms with Gasteiger partial charge in [0.1, 0.15) is 18.1 Å². The molecule has 0 spiro atoms. The zero-order chi connectivity index (χ0) is 21.1. The fourth-order valence-corrected chi connectivity index (χ4v) is 3.87. The summed E-state index contributed by atoms with van der Waals surface area (Å²) < 4.78 is 5.84. The lowest BCUT2D eigenvalue weighted by Crippen LogP contribution is -2.27. The molecule has 0 saturated heterocycles. The molecule has 1 aliphatic carbocycles. The molecule has 3 aromatic rings. The van der Waals surface area contributed by atoms with E-state index in [2.05, 4.69) is 15.3 Å². The van der Waals surface area contributed by atoms with Gasteiger partial charge in [-0.2, -0.15) is 0 Å². The molecule has 0 saturated carbocycles. The number of carbonyl (C=O) groups is 2. The minimum Gasteiger partial charge on any atom is -0.487 e. The Labute approximate surface area is 175 Å². The monoisotopic (exact) mass is 403 g/mol. The molecule has 0 radical (unpaired) electrons. The van der Waals surface area contributed by atoms with Gasteiger partial charge >= 0.3 is 0 Å². The van der Waals surface area contributed by atoms with Gasteiger partial charge in [-0.3, -0.25) is 14.6 Å². The van der Waals surface area contributed by atoms with Crippen molar-refractivity contribution in [2.75, 3.05) is 0 Å². The van der Waals surface area contributed by atoms with Crippen molar-refractivity contribution in [1.29, 1.82) is 0 Å².